The maximum Gasteiger partial charge on any atom is 0.0888 e. The molecule has 1 nitrogen and oxygen atoms in total. The molecule has 3 unspecified atom stereocenters. The minimum atomic E-state index is -0.300. The van der Waals surface area contributed by atoms with Crippen LogP contribution in [-0.4, -0.2) is 54.2 Å². The number of hydrogen-bond acceptors (Lipinski definition) is 0. The first-order valence-electron chi connectivity index (χ1n) is 7.55. The Labute approximate surface area is 111 Å². The number of rotatable bonds is 7. The minimum Gasteiger partial charge on any atom is -0.323 e. The number of quaternary nitrogens is 1. The third-order valence-electron chi connectivity index (χ3n) is 5.05. The van der Waals surface area contributed by atoms with Gasteiger partial charge in [-0.25, -0.2) is 10.0 Å². The third kappa shape index (κ3) is 3.89. The van der Waals surface area contributed by atoms with Crippen molar-refractivity contribution in [1.82, 2.24) is 0 Å². The molecule has 17 heavy (non-hydrogen) atoms. The molecule has 0 saturated carbocycles. The third-order valence-corrected chi connectivity index (χ3v) is 9.00. The van der Waals surface area contributed by atoms with E-state index in [9.17, 15) is 0 Å². The summed E-state index contributed by atoms with van der Waals surface area (Å²) in [5.74, 6) is 4.42. The summed E-state index contributed by atoms with van der Waals surface area (Å²) >= 11 is 0. The molecule has 1 saturated heterocycles. The van der Waals surface area contributed by atoms with Crippen molar-refractivity contribution < 1.29 is 4.48 Å². The van der Waals surface area contributed by atoms with Crippen LogP contribution >= 0.6 is 10.0 Å². The highest BCUT2D eigenvalue weighted by atomic mass is 32.3. The van der Waals surface area contributed by atoms with Gasteiger partial charge in [0.2, 0.25) is 0 Å². The van der Waals surface area contributed by atoms with Crippen LogP contribution in [0.15, 0.2) is 0 Å². The van der Waals surface area contributed by atoms with Crippen LogP contribution in [0.2, 0.25) is 0 Å². The monoisotopic (exact) mass is 260 g/mol. The molecule has 0 aromatic carbocycles. The first-order chi connectivity index (χ1) is 7.99. The highest BCUT2D eigenvalue weighted by molar-refractivity contribution is 8.33. The Morgan fingerprint density at radius 2 is 1.88 bits per heavy atom. The maximum absolute atomic E-state index is 2.58. The van der Waals surface area contributed by atoms with Gasteiger partial charge >= 0.3 is 0 Å². The van der Waals surface area contributed by atoms with Crippen molar-refractivity contribution in [1.29, 1.82) is 0 Å². The summed E-state index contributed by atoms with van der Waals surface area (Å²) in [4.78, 5) is 0. The van der Waals surface area contributed by atoms with E-state index in [1.807, 2.05) is 0 Å². The molecule has 1 heterocycles. The molecule has 104 valence electrons. The molecular weight excluding hydrogens is 226 g/mol. The second-order valence-electron chi connectivity index (χ2n) is 6.31. The SMILES string of the molecule is CCCS(C)(CC)CC[N+]1(C)CCCC1CC. The van der Waals surface area contributed by atoms with Crippen molar-refractivity contribution >= 4 is 10.0 Å². The van der Waals surface area contributed by atoms with Crippen molar-refractivity contribution in [2.24, 2.45) is 0 Å². The molecule has 0 bridgehead atoms. The second-order valence-corrected chi connectivity index (χ2v) is 10.7. The molecule has 0 amide bonds. The molecule has 1 aliphatic heterocycles. The summed E-state index contributed by atoms with van der Waals surface area (Å²) in [5.41, 5.74) is 0. The molecular formula is C15H34NS+. The lowest BCUT2D eigenvalue weighted by molar-refractivity contribution is -0.918. The lowest BCUT2D eigenvalue weighted by Gasteiger charge is -2.41. The highest BCUT2D eigenvalue weighted by Gasteiger charge is 2.37. The molecule has 1 aliphatic rings. The molecule has 2 heteroatoms. The van der Waals surface area contributed by atoms with Crippen molar-refractivity contribution in [3.8, 4) is 0 Å². The topological polar surface area (TPSA) is 0 Å². The standard InChI is InChI=1S/C15H34NS/c1-6-13-17(5,8-3)14-12-16(4)11-9-10-15(16)7-2/h15H,6-14H2,1-5H3/q+1. The predicted molar refractivity (Wildman–Crippen MR) is 83.3 cm³/mol. The lowest BCUT2D eigenvalue weighted by atomic mass is 10.1. The Bertz CT molecular complexity index is 231. The van der Waals surface area contributed by atoms with Crippen molar-refractivity contribution in [3.05, 3.63) is 0 Å². The fourth-order valence-electron chi connectivity index (χ4n) is 3.43. The average molecular weight is 261 g/mol. The zero-order valence-corrected chi connectivity index (χ0v) is 13.6. The molecule has 0 aliphatic carbocycles. The van der Waals surface area contributed by atoms with Gasteiger partial charge in [0.1, 0.15) is 0 Å². The Kier molecular flexibility index (Phi) is 5.85. The molecule has 1 rings (SSSR count). The van der Waals surface area contributed by atoms with Gasteiger partial charge in [0.15, 0.2) is 0 Å². The molecule has 0 N–H and O–H groups in total. The van der Waals surface area contributed by atoms with Gasteiger partial charge in [0, 0.05) is 18.6 Å². The van der Waals surface area contributed by atoms with Gasteiger partial charge < -0.3 is 4.48 Å². The van der Waals surface area contributed by atoms with Crippen molar-refractivity contribution in [2.45, 2.75) is 52.5 Å². The Morgan fingerprint density at radius 1 is 1.18 bits per heavy atom. The Hall–Kier alpha value is 0.310. The Balaban J connectivity index is 2.53. The van der Waals surface area contributed by atoms with Gasteiger partial charge in [-0.3, -0.25) is 0 Å². The fourth-order valence-corrected chi connectivity index (χ4v) is 6.06. The number of hydrogen-bond donors (Lipinski definition) is 0. The van der Waals surface area contributed by atoms with Crippen LogP contribution in [0.5, 0.6) is 0 Å². The van der Waals surface area contributed by atoms with E-state index in [1.54, 1.807) is 0 Å². The quantitative estimate of drug-likeness (QED) is 0.610. The summed E-state index contributed by atoms with van der Waals surface area (Å²) in [6.45, 7) is 10.0. The van der Waals surface area contributed by atoms with E-state index >= 15 is 0 Å². The van der Waals surface area contributed by atoms with E-state index in [4.69, 9.17) is 0 Å². The average Bonchev–Trinajstić information content (AvgIpc) is 2.69. The zero-order valence-electron chi connectivity index (χ0n) is 12.8. The van der Waals surface area contributed by atoms with Gasteiger partial charge in [-0.15, -0.1) is 0 Å². The van der Waals surface area contributed by atoms with Crippen LogP contribution < -0.4 is 0 Å². The first-order valence-corrected chi connectivity index (χ1v) is 10.1. The van der Waals surface area contributed by atoms with Gasteiger partial charge in [-0.05, 0) is 30.6 Å². The van der Waals surface area contributed by atoms with Crippen LogP contribution in [-0.2, 0) is 0 Å². The van der Waals surface area contributed by atoms with E-state index in [0.717, 1.165) is 6.04 Å². The van der Waals surface area contributed by atoms with E-state index < -0.39 is 0 Å². The molecule has 0 aromatic rings. The molecule has 0 spiro atoms. The van der Waals surface area contributed by atoms with E-state index in [0.29, 0.717) is 0 Å². The van der Waals surface area contributed by atoms with Gasteiger partial charge in [0.05, 0.1) is 26.2 Å². The summed E-state index contributed by atoms with van der Waals surface area (Å²) in [6, 6.07) is 0.956. The van der Waals surface area contributed by atoms with E-state index in [-0.39, 0.29) is 10.0 Å². The Morgan fingerprint density at radius 3 is 2.41 bits per heavy atom. The number of nitrogens with zero attached hydrogens (tertiary/aromatic N) is 1. The van der Waals surface area contributed by atoms with E-state index in [1.165, 1.54) is 60.5 Å². The zero-order chi connectivity index (χ0) is 12.9. The molecule has 0 radical (unpaired) electrons. The highest BCUT2D eigenvalue weighted by Crippen LogP contribution is 2.45. The molecule has 3 atom stereocenters. The first kappa shape index (κ1) is 15.4. The van der Waals surface area contributed by atoms with Crippen molar-refractivity contribution in [2.75, 3.05) is 43.7 Å². The predicted octanol–water partition coefficient (Wildman–Crippen LogP) is 3.87. The van der Waals surface area contributed by atoms with E-state index in [2.05, 4.69) is 34.1 Å². The van der Waals surface area contributed by atoms with Crippen LogP contribution in [0.1, 0.15) is 46.5 Å². The fraction of sp³-hybridized carbons (Fsp3) is 1.00. The van der Waals surface area contributed by atoms with Crippen LogP contribution in [0.4, 0.5) is 0 Å². The summed E-state index contributed by atoms with van der Waals surface area (Å²) < 4.78 is 1.38. The van der Waals surface area contributed by atoms with Crippen LogP contribution in [0.25, 0.3) is 0 Å². The maximum atomic E-state index is 2.58. The normalized spacial score (nSPS) is 34.5. The molecule has 1 fully saturated rings. The summed E-state index contributed by atoms with van der Waals surface area (Å²) in [5, 5.41) is 0. The minimum absolute atomic E-state index is 0.300. The summed E-state index contributed by atoms with van der Waals surface area (Å²) in [7, 11) is 2.22. The largest absolute Gasteiger partial charge is 0.323 e. The summed E-state index contributed by atoms with van der Waals surface area (Å²) in [6.07, 6.45) is 8.27. The van der Waals surface area contributed by atoms with Crippen LogP contribution in [0, 0.1) is 0 Å². The van der Waals surface area contributed by atoms with Crippen molar-refractivity contribution in [3.63, 3.8) is 0 Å². The number of likely N-dealkylation sites (tertiary alicyclic amines) is 1. The van der Waals surface area contributed by atoms with Crippen LogP contribution in [0.3, 0.4) is 0 Å². The lowest BCUT2D eigenvalue weighted by Crippen LogP contribution is -2.50. The van der Waals surface area contributed by atoms with Gasteiger partial charge in [0.25, 0.3) is 0 Å². The van der Waals surface area contributed by atoms with Gasteiger partial charge in [-0.1, -0.05) is 20.8 Å². The molecule has 0 aromatic heterocycles. The smallest absolute Gasteiger partial charge is 0.0888 e. The second kappa shape index (κ2) is 6.47. The van der Waals surface area contributed by atoms with Gasteiger partial charge in [-0.2, -0.15) is 0 Å².